The molecule has 20 heavy (non-hydrogen) atoms. The van der Waals surface area contributed by atoms with Crippen LogP contribution in [0, 0.1) is 6.92 Å². The van der Waals surface area contributed by atoms with E-state index < -0.39 is 10.0 Å². The predicted octanol–water partition coefficient (Wildman–Crippen LogP) is 2.38. The first-order valence-electron chi connectivity index (χ1n) is 6.02. The number of carbonyl (C=O) groups is 1. The zero-order valence-electron chi connectivity index (χ0n) is 11.1. The lowest BCUT2D eigenvalue weighted by molar-refractivity contribution is 0.0988. The molecule has 0 amide bonds. The van der Waals surface area contributed by atoms with Crippen molar-refractivity contribution < 1.29 is 17.7 Å². The van der Waals surface area contributed by atoms with Gasteiger partial charge in [0.2, 0.25) is 5.88 Å². The van der Waals surface area contributed by atoms with Crippen molar-refractivity contribution in [1.29, 1.82) is 0 Å². The van der Waals surface area contributed by atoms with Gasteiger partial charge in [0, 0.05) is 18.1 Å². The summed E-state index contributed by atoms with van der Waals surface area (Å²) < 4.78 is 31.4. The van der Waals surface area contributed by atoms with Crippen molar-refractivity contribution in [1.82, 2.24) is 5.16 Å². The molecule has 1 heterocycles. The molecule has 6 nitrogen and oxygen atoms in total. The number of ketones is 1. The maximum atomic E-state index is 12.2. The van der Waals surface area contributed by atoms with Crippen molar-refractivity contribution in [3.63, 3.8) is 0 Å². The highest BCUT2D eigenvalue weighted by atomic mass is 32.2. The van der Waals surface area contributed by atoms with Crippen LogP contribution in [0.25, 0.3) is 0 Å². The third kappa shape index (κ3) is 3.05. The van der Waals surface area contributed by atoms with Crippen LogP contribution in [-0.2, 0) is 10.0 Å². The molecule has 0 saturated heterocycles. The zero-order chi connectivity index (χ0) is 14.8. The number of hydrogen-bond acceptors (Lipinski definition) is 5. The van der Waals surface area contributed by atoms with Crippen molar-refractivity contribution in [2.24, 2.45) is 0 Å². The molecule has 0 aliphatic heterocycles. The van der Waals surface area contributed by atoms with E-state index in [0.29, 0.717) is 17.7 Å². The fraction of sp³-hybridized carbons (Fsp3) is 0.231. The van der Waals surface area contributed by atoms with E-state index in [-0.39, 0.29) is 16.6 Å². The minimum absolute atomic E-state index is 0.00542. The summed E-state index contributed by atoms with van der Waals surface area (Å²) in [6.07, 6.45) is 0.318. The number of hydrogen-bond donors (Lipinski definition) is 1. The topological polar surface area (TPSA) is 89.3 Å². The van der Waals surface area contributed by atoms with Crippen LogP contribution < -0.4 is 4.72 Å². The highest BCUT2D eigenvalue weighted by molar-refractivity contribution is 7.92. The van der Waals surface area contributed by atoms with Gasteiger partial charge in [-0.05, 0) is 19.1 Å². The summed E-state index contributed by atoms with van der Waals surface area (Å²) in [4.78, 5) is 11.6. The van der Waals surface area contributed by atoms with Gasteiger partial charge in [-0.2, -0.15) is 0 Å². The molecule has 0 atom stereocenters. The zero-order valence-corrected chi connectivity index (χ0v) is 11.9. The summed E-state index contributed by atoms with van der Waals surface area (Å²) in [5.41, 5.74) is 0.932. The molecule has 0 unspecified atom stereocenters. The first-order chi connectivity index (χ1) is 9.42. The lowest BCUT2D eigenvalue weighted by atomic mass is 10.1. The van der Waals surface area contributed by atoms with Crippen LogP contribution in [0.4, 0.5) is 5.88 Å². The van der Waals surface area contributed by atoms with Crippen molar-refractivity contribution in [2.75, 3.05) is 4.72 Å². The van der Waals surface area contributed by atoms with Crippen LogP contribution in [0.2, 0.25) is 0 Å². The van der Waals surface area contributed by atoms with Crippen molar-refractivity contribution >= 4 is 21.7 Å². The molecule has 0 aliphatic rings. The fourth-order valence-electron chi connectivity index (χ4n) is 1.64. The van der Waals surface area contributed by atoms with Gasteiger partial charge in [0.05, 0.1) is 10.6 Å². The van der Waals surface area contributed by atoms with Crippen molar-refractivity contribution in [3.05, 3.63) is 41.6 Å². The van der Waals surface area contributed by atoms with Gasteiger partial charge in [0.25, 0.3) is 10.0 Å². The number of rotatable bonds is 5. The molecule has 2 rings (SSSR count). The Morgan fingerprint density at radius 3 is 2.70 bits per heavy atom. The Morgan fingerprint density at radius 2 is 2.10 bits per heavy atom. The molecular formula is C13H14N2O4S. The average Bonchev–Trinajstić information content (AvgIpc) is 2.82. The number of aromatic nitrogens is 1. The molecule has 1 aromatic heterocycles. The smallest absolute Gasteiger partial charge is 0.264 e. The monoisotopic (exact) mass is 294 g/mol. The highest BCUT2D eigenvalue weighted by Gasteiger charge is 2.17. The predicted molar refractivity (Wildman–Crippen MR) is 73.1 cm³/mol. The van der Waals surface area contributed by atoms with Gasteiger partial charge in [-0.15, -0.1) is 0 Å². The molecule has 1 N–H and O–H groups in total. The number of benzene rings is 1. The fourth-order valence-corrected chi connectivity index (χ4v) is 2.66. The second kappa shape index (κ2) is 5.46. The van der Waals surface area contributed by atoms with Crippen LogP contribution in [0.5, 0.6) is 0 Å². The second-order valence-electron chi connectivity index (χ2n) is 4.24. The number of nitrogens with zero attached hydrogens (tertiary/aromatic N) is 1. The largest absolute Gasteiger partial charge is 0.338 e. The Balaban J connectivity index is 2.32. The molecule has 106 valence electrons. The third-order valence-electron chi connectivity index (χ3n) is 2.65. The number of anilines is 1. The van der Waals surface area contributed by atoms with E-state index in [9.17, 15) is 13.2 Å². The molecule has 0 aliphatic carbocycles. The van der Waals surface area contributed by atoms with E-state index >= 15 is 0 Å². The number of nitrogens with one attached hydrogen (secondary N) is 1. The van der Waals surface area contributed by atoms with Crippen LogP contribution >= 0.6 is 0 Å². The van der Waals surface area contributed by atoms with E-state index in [0.717, 1.165) is 0 Å². The molecule has 1 aromatic carbocycles. The molecule has 0 fully saturated rings. The van der Waals surface area contributed by atoms with E-state index in [1.54, 1.807) is 19.9 Å². The number of carbonyl (C=O) groups excluding carboxylic acids is 1. The second-order valence-corrected chi connectivity index (χ2v) is 5.93. The lowest BCUT2D eigenvalue weighted by Gasteiger charge is -2.06. The van der Waals surface area contributed by atoms with Gasteiger partial charge < -0.3 is 4.52 Å². The SMILES string of the molecule is CCC(=O)c1cccc(S(=O)(=O)Nc2cc(C)no2)c1. The normalized spacial score (nSPS) is 11.3. The van der Waals surface area contributed by atoms with Crippen molar-refractivity contribution in [2.45, 2.75) is 25.2 Å². The minimum Gasteiger partial charge on any atom is -0.338 e. The van der Waals surface area contributed by atoms with Gasteiger partial charge in [-0.25, -0.2) is 13.1 Å². The van der Waals surface area contributed by atoms with Gasteiger partial charge in [0.1, 0.15) is 0 Å². The van der Waals surface area contributed by atoms with Crippen molar-refractivity contribution in [3.8, 4) is 0 Å². The Kier molecular flexibility index (Phi) is 3.89. The van der Waals surface area contributed by atoms with Crippen LogP contribution in [-0.4, -0.2) is 19.4 Å². The van der Waals surface area contributed by atoms with Gasteiger partial charge in [-0.3, -0.25) is 4.79 Å². The molecule has 7 heteroatoms. The van der Waals surface area contributed by atoms with Gasteiger partial charge in [0.15, 0.2) is 5.78 Å². The maximum Gasteiger partial charge on any atom is 0.264 e. The first kappa shape index (κ1) is 14.3. The average molecular weight is 294 g/mol. The van der Waals surface area contributed by atoms with E-state index in [1.165, 1.54) is 24.3 Å². The molecular weight excluding hydrogens is 280 g/mol. The Bertz CT molecular complexity index is 734. The maximum absolute atomic E-state index is 12.2. The molecule has 2 aromatic rings. The first-order valence-corrected chi connectivity index (χ1v) is 7.50. The number of Topliss-reactive ketones (excluding diaryl/α,β-unsaturated/α-hetero) is 1. The Morgan fingerprint density at radius 1 is 1.35 bits per heavy atom. The summed E-state index contributed by atoms with van der Waals surface area (Å²) in [5.74, 6) is -0.0766. The van der Waals surface area contributed by atoms with E-state index in [4.69, 9.17) is 4.52 Å². The Hall–Kier alpha value is -2.15. The third-order valence-corrected chi connectivity index (χ3v) is 3.99. The standard InChI is InChI=1S/C13H14N2O4S/c1-3-12(16)10-5-4-6-11(8-10)20(17,18)15-13-7-9(2)14-19-13/h4-8,15H,3H2,1-2H3. The van der Waals surface area contributed by atoms with Crippen LogP contribution in [0.1, 0.15) is 29.4 Å². The molecule has 0 spiro atoms. The van der Waals surface area contributed by atoms with E-state index in [1.807, 2.05) is 0 Å². The van der Waals surface area contributed by atoms with Crippen LogP contribution in [0.15, 0.2) is 39.8 Å². The van der Waals surface area contributed by atoms with Gasteiger partial charge >= 0.3 is 0 Å². The Labute approximate surface area is 116 Å². The molecule has 0 radical (unpaired) electrons. The summed E-state index contributed by atoms with van der Waals surface area (Å²) in [7, 11) is -3.80. The minimum atomic E-state index is -3.80. The highest BCUT2D eigenvalue weighted by Crippen LogP contribution is 2.18. The molecule has 0 saturated carbocycles. The van der Waals surface area contributed by atoms with Crippen LogP contribution in [0.3, 0.4) is 0 Å². The quantitative estimate of drug-likeness (QED) is 0.855. The summed E-state index contributed by atoms with van der Waals surface area (Å²) in [5, 5.41) is 3.60. The van der Waals surface area contributed by atoms with Gasteiger partial charge in [-0.1, -0.05) is 24.2 Å². The summed E-state index contributed by atoms with van der Waals surface area (Å²) >= 11 is 0. The molecule has 0 bridgehead atoms. The summed E-state index contributed by atoms with van der Waals surface area (Å²) in [6.45, 7) is 3.40. The lowest BCUT2D eigenvalue weighted by Crippen LogP contribution is -2.13. The number of sulfonamides is 1. The summed E-state index contributed by atoms with van der Waals surface area (Å²) in [6, 6.07) is 7.35. The number of aryl methyl sites for hydroxylation is 1. The van der Waals surface area contributed by atoms with E-state index in [2.05, 4.69) is 9.88 Å².